The third-order valence-corrected chi connectivity index (χ3v) is 4.05. The zero-order chi connectivity index (χ0) is 17.4. The first-order valence-electron chi connectivity index (χ1n) is 7.24. The number of fused-ring (bicyclic) bond motifs is 1. The molecule has 0 radical (unpaired) electrons. The van der Waals surface area contributed by atoms with E-state index in [1.807, 2.05) is 32.0 Å². The molecule has 0 atom stereocenters. The maximum Gasteiger partial charge on any atom is 0.271 e. The third-order valence-electron chi connectivity index (χ3n) is 3.76. The lowest BCUT2D eigenvalue weighted by atomic mass is 10.1. The molecule has 5 nitrogen and oxygen atoms in total. The van der Waals surface area contributed by atoms with Crippen LogP contribution in [-0.4, -0.2) is 16.0 Å². The molecule has 0 bridgehead atoms. The minimum Gasteiger partial charge on any atom is -0.505 e. The summed E-state index contributed by atoms with van der Waals surface area (Å²) in [7, 11) is 0. The molecule has 122 valence electrons. The summed E-state index contributed by atoms with van der Waals surface area (Å²) in [4.78, 5) is 15.2. The van der Waals surface area contributed by atoms with E-state index in [2.05, 4.69) is 4.98 Å². The van der Waals surface area contributed by atoms with Crippen LogP contribution in [0, 0.1) is 13.8 Å². The highest BCUT2D eigenvalue weighted by molar-refractivity contribution is 6.35. The van der Waals surface area contributed by atoms with Crippen molar-refractivity contribution < 1.29 is 14.6 Å². The monoisotopic (exact) mass is 342 g/mol. The third kappa shape index (κ3) is 2.74. The van der Waals surface area contributed by atoms with Gasteiger partial charge in [-0.15, -0.1) is 0 Å². The normalized spacial score (nSPS) is 10.8. The van der Waals surface area contributed by atoms with Gasteiger partial charge in [-0.3, -0.25) is 4.79 Å². The van der Waals surface area contributed by atoms with E-state index in [4.69, 9.17) is 22.1 Å². The summed E-state index contributed by atoms with van der Waals surface area (Å²) < 4.78 is 5.96. The lowest BCUT2D eigenvalue weighted by Gasteiger charge is -2.13. The van der Waals surface area contributed by atoms with Crippen molar-refractivity contribution in [2.24, 2.45) is 5.73 Å². The molecule has 6 heteroatoms. The number of aromatic hydroxyl groups is 1. The number of carbonyl (C=O) groups is 1. The van der Waals surface area contributed by atoms with Crippen LogP contribution in [0.4, 0.5) is 0 Å². The van der Waals surface area contributed by atoms with Crippen LogP contribution >= 0.6 is 11.6 Å². The summed E-state index contributed by atoms with van der Waals surface area (Å²) in [5.74, 6) is 0.182. The summed E-state index contributed by atoms with van der Waals surface area (Å²) >= 11 is 6.13. The quantitative estimate of drug-likeness (QED) is 0.701. The molecule has 0 spiro atoms. The van der Waals surface area contributed by atoms with Gasteiger partial charge in [0.15, 0.2) is 11.4 Å². The summed E-state index contributed by atoms with van der Waals surface area (Å²) in [6, 6.07) is 10.9. The Labute approximate surface area is 143 Å². The van der Waals surface area contributed by atoms with E-state index < -0.39 is 5.91 Å². The molecule has 1 aromatic heterocycles. The fourth-order valence-corrected chi connectivity index (χ4v) is 2.79. The van der Waals surface area contributed by atoms with Crippen molar-refractivity contribution in [1.82, 2.24) is 4.98 Å². The second-order valence-electron chi connectivity index (χ2n) is 5.49. The number of carbonyl (C=O) groups excluding carboxylic acids is 1. The molecule has 0 saturated carbocycles. The Hall–Kier alpha value is -2.79. The molecule has 3 rings (SSSR count). The summed E-state index contributed by atoms with van der Waals surface area (Å²) in [6.45, 7) is 3.92. The van der Waals surface area contributed by atoms with E-state index in [1.165, 1.54) is 0 Å². The number of ether oxygens (including phenoxy) is 1. The molecule has 0 unspecified atom stereocenters. The molecule has 1 heterocycles. The highest BCUT2D eigenvalue weighted by Crippen LogP contribution is 2.36. The average molecular weight is 343 g/mol. The predicted octanol–water partition coefficient (Wildman–Crippen LogP) is 4.10. The SMILES string of the molecule is Cc1cccc(C)c1Oc1ccc2c(O)c(C(N)=O)nc(Cl)c2c1. The van der Waals surface area contributed by atoms with Gasteiger partial charge in [0.1, 0.15) is 16.7 Å². The van der Waals surface area contributed by atoms with Crippen molar-refractivity contribution in [2.45, 2.75) is 13.8 Å². The fourth-order valence-electron chi connectivity index (χ4n) is 2.55. The van der Waals surface area contributed by atoms with Crippen molar-refractivity contribution in [3.8, 4) is 17.2 Å². The molecular weight excluding hydrogens is 328 g/mol. The topological polar surface area (TPSA) is 85.4 Å². The van der Waals surface area contributed by atoms with Crippen LogP contribution in [-0.2, 0) is 0 Å². The number of hydrogen-bond donors (Lipinski definition) is 2. The Morgan fingerprint density at radius 2 is 1.83 bits per heavy atom. The van der Waals surface area contributed by atoms with Crippen LogP contribution in [0.5, 0.6) is 17.2 Å². The maximum atomic E-state index is 11.3. The number of amides is 1. The van der Waals surface area contributed by atoms with Gasteiger partial charge in [-0.1, -0.05) is 29.8 Å². The zero-order valence-electron chi connectivity index (χ0n) is 13.1. The number of primary amides is 1. The first-order chi connectivity index (χ1) is 11.4. The van der Waals surface area contributed by atoms with Gasteiger partial charge in [0.25, 0.3) is 5.91 Å². The van der Waals surface area contributed by atoms with Crippen LogP contribution in [0.25, 0.3) is 10.8 Å². The fraction of sp³-hybridized carbons (Fsp3) is 0.111. The van der Waals surface area contributed by atoms with E-state index in [-0.39, 0.29) is 16.6 Å². The van der Waals surface area contributed by atoms with Gasteiger partial charge >= 0.3 is 0 Å². The molecule has 0 aliphatic rings. The van der Waals surface area contributed by atoms with Crippen molar-refractivity contribution in [3.05, 3.63) is 58.4 Å². The van der Waals surface area contributed by atoms with Gasteiger partial charge in [0.05, 0.1) is 0 Å². The Morgan fingerprint density at radius 1 is 1.17 bits per heavy atom. The van der Waals surface area contributed by atoms with Crippen molar-refractivity contribution in [2.75, 3.05) is 0 Å². The number of nitrogens with zero attached hydrogens (tertiary/aromatic N) is 1. The molecule has 0 aliphatic carbocycles. The number of aromatic nitrogens is 1. The average Bonchev–Trinajstić information content (AvgIpc) is 2.54. The molecular formula is C18H15ClN2O3. The summed E-state index contributed by atoms with van der Waals surface area (Å²) in [5, 5.41) is 11.1. The van der Waals surface area contributed by atoms with Crippen LogP contribution in [0.3, 0.4) is 0 Å². The van der Waals surface area contributed by atoms with Crippen molar-refractivity contribution in [3.63, 3.8) is 0 Å². The van der Waals surface area contributed by atoms with E-state index in [1.54, 1.807) is 18.2 Å². The minimum atomic E-state index is -0.841. The first-order valence-corrected chi connectivity index (χ1v) is 7.62. The van der Waals surface area contributed by atoms with Crippen molar-refractivity contribution in [1.29, 1.82) is 0 Å². The molecule has 3 aromatic rings. The number of benzene rings is 2. The van der Waals surface area contributed by atoms with Crippen molar-refractivity contribution >= 4 is 28.3 Å². The zero-order valence-corrected chi connectivity index (χ0v) is 13.9. The Morgan fingerprint density at radius 3 is 2.46 bits per heavy atom. The summed E-state index contributed by atoms with van der Waals surface area (Å²) in [6.07, 6.45) is 0. The Kier molecular flexibility index (Phi) is 4.03. The molecule has 0 saturated heterocycles. The Bertz CT molecular complexity index is 950. The number of rotatable bonds is 3. The van der Waals surface area contributed by atoms with Gasteiger partial charge in [0, 0.05) is 10.8 Å². The number of halogens is 1. The summed E-state index contributed by atoms with van der Waals surface area (Å²) in [5.41, 5.74) is 6.95. The van der Waals surface area contributed by atoms with Gasteiger partial charge in [0.2, 0.25) is 0 Å². The number of aryl methyl sites for hydroxylation is 2. The van der Waals surface area contributed by atoms with Crippen LogP contribution in [0.1, 0.15) is 21.6 Å². The predicted molar refractivity (Wildman–Crippen MR) is 92.9 cm³/mol. The van der Waals surface area contributed by atoms with E-state index in [9.17, 15) is 9.90 Å². The molecule has 0 aliphatic heterocycles. The number of pyridine rings is 1. The molecule has 24 heavy (non-hydrogen) atoms. The maximum absolute atomic E-state index is 11.3. The number of hydrogen-bond acceptors (Lipinski definition) is 4. The minimum absolute atomic E-state index is 0.0727. The second kappa shape index (κ2) is 6.02. The Balaban J connectivity index is 2.11. The number of para-hydroxylation sites is 1. The lowest BCUT2D eigenvalue weighted by Crippen LogP contribution is -2.13. The second-order valence-corrected chi connectivity index (χ2v) is 5.85. The standard InChI is InChI=1S/C18H15ClN2O3/c1-9-4-3-5-10(2)16(9)24-11-6-7-12-13(8-11)17(19)21-14(15(12)22)18(20)23/h3-8,22H,1-2H3,(H2,20,23). The van der Waals surface area contributed by atoms with Crippen LogP contribution in [0.15, 0.2) is 36.4 Å². The first kappa shape index (κ1) is 16.1. The van der Waals surface area contributed by atoms with E-state index >= 15 is 0 Å². The van der Waals surface area contributed by atoms with Crippen LogP contribution < -0.4 is 10.5 Å². The highest BCUT2D eigenvalue weighted by Gasteiger charge is 2.17. The largest absolute Gasteiger partial charge is 0.505 e. The molecule has 3 N–H and O–H groups in total. The van der Waals surface area contributed by atoms with Gasteiger partial charge in [-0.2, -0.15) is 0 Å². The highest BCUT2D eigenvalue weighted by atomic mass is 35.5. The van der Waals surface area contributed by atoms with Crippen LogP contribution in [0.2, 0.25) is 5.15 Å². The van der Waals surface area contributed by atoms with Gasteiger partial charge < -0.3 is 15.6 Å². The molecule has 2 aromatic carbocycles. The van der Waals surface area contributed by atoms with Gasteiger partial charge in [-0.25, -0.2) is 4.98 Å². The van der Waals surface area contributed by atoms with E-state index in [0.29, 0.717) is 16.5 Å². The lowest BCUT2D eigenvalue weighted by molar-refractivity contribution is 0.0993. The molecule has 1 amide bonds. The smallest absolute Gasteiger partial charge is 0.271 e. The van der Waals surface area contributed by atoms with E-state index in [0.717, 1.165) is 16.9 Å². The van der Waals surface area contributed by atoms with Gasteiger partial charge in [-0.05, 0) is 43.2 Å². The number of nitrogens with two attached hydrogens (primary N) is 1. The molecule has 0 fully saturated rings.